The zero-order valence-corrected chi connectivity index (χ0v) is 14.8. The van der Waals surface area contributed by atoms with Gasteiger partial charge in [0.1, 0.15) is 23.5 Å². The first-order valence-corrected chi connectivity index (χ1v) is 8.58. The Hall–Kier alpha value is -3.77. The van der Waals surface area contributed by atoms with E-state index in [1.165, 1.54) is 18.2 Å². The third-order valence-electron chi connectivity index (χ3n) is 4.73. The smallest absolute Gasteiger partial charge is 0.351 e. The summed E-state index contributed by atoms with van der Waals surface area (Å²) in [7, 11) is 0. The number of nitriles is 1. The van der Waals surface area contributed by atoms with Crippen molar-refractivity contribution in [2.45, 2.75) is 12.9 Å². The van der Waals surface area contributed by atoms with E-state index in [2.05, 4.69) is 21.1 Å². The molecule has 1 fully saturated rings. The molecule has 2 aromatic rings. The maximum atomic E-state index is 13.7. The summed E-state index contributed by atoms with van der Waals surface area (Å²) in [5.41, 5.74) is 5.90. The van der Waals surface area contributed by atoms with Crippen LogP contribution in [0.2, 0.25) is 0 Å². The number of hydroxylamine groups is 1. The van der Waals surface area contributed by atoms with E-state index in [4.69, 9.17) is 14.8 Å². The van der Waals surface area contributed by atoms with Gasteiger partial charge in [0.25, 0.3) is 0 Å². The molecule has 3 aliphatic heterocycles. The fraction of sp³-hybridized carbons (Fsp3) is 0.158. The third kappa shape index (κ3) is 2.35. The molecule has 5 rings (SSSR count). The number of rotatable bonds is 3. The Labute approximate surface area is 159 Å². The molecular formula is C19H15FN6O2. The average molecular weight is 378 g/mol. The Kier molecular flexibility index (Phi) is 3.44. The van der Waals surface area contributed by atoms with Gasteiger partial charge < -0.3 is 15.4 Å². The Morgan fingerprint density at radius 1 is 1.32 bits per heavy atom. The molecule has 3 N–H and O–H groups in total. The van der Waals surface area contributed by atoms with Crippen molar-refractivity contribution in [3.63, 3.8) is 0 Å². The fourth-order valence-electron chi connectivity index (χ4n) is 3.36. The van der Waals surface area contributed by atoms with E-state index in [0.717, 1.165) is 28.5 Å². The van der Waals surface area contributed by atoms with E-state index in [-0.39, 0.29) is 5.56 Å². The van der Waals surface area contributed by atoms with Crippen molar-refractivity contribution >= 4 is 23.3 Å². The lowest BCUT2D eigenvalue weighted by Gasteiger charge is -2.36. The first kappa shape index (κ1) is 16.4. The highest BCUT2D eigenvalue weighted by Gasteiger charge is 2.49. The van der Waals surface area contributed by atoms with Crippen molar-refractivity contribution in [1.29, 1.82) is 5.26 Å². The van der Waals surface area contributed by atoms with Crippen LogP contribution < -0.4 is 25.8 Å². The van der Waals surface area contributed by atoms with Crippen molar-refractivity contribution in [2.75, 3.05) is 22.3 Å². The van der Waals surface area contributed by atoms with Gasteiger partial charge in [-0.15, -0.1) is 0 Å². The highest BCUT2D eigenvalue weighted by molar-refractivity contribution is 5.85. The van der Waals surface area contributed by atoms with Gasteiger partial charge in [-0.05, 0) is 43.3 Å². The Bertz CT molecular complexity index is 1090. The summed E-state index contributed by atoms with van der Waals surface area (Å²) in [6.07, 6.45) is 1.70. The fourth-order valence-corrected chi connectivity index (χ4v) is 3.36. The molecule has 0 spiro atoms. The van der Waals surface area contributed by atoms with Gasteiger partial charge in [-0.3, -0.25) is 4.90 Å². The van der Waals surface area contributed by atoms with E-state index < -0.39 is 11.8 Å². The van der Waals surface area contributed by atoms with Crippen LogP contribution in [-0.2, 0) is 4.84 Å². The second-order valence-corrected chi connectivity index (χ2v) is 6.51. The first-order valence-electron chi connectivity index (χ1n) is 8.58. The normalized spacial score (nSPS) is 21.5. The maximum Gasteiger partial charge on any atom is 0.351 e. The number of halogens is 1. The molecule has 2 bridgehead atoms. The van der Waals surface area contributed by atoms with Crippen LogP contribution in [-0.4, -0.2) is 18.9 Å². The Balaban J connectivity index is 1.57. The molecule has 0 radical (unpaired) electrons. The standard InChI is InChI=1S/C19H15FN6O2/c1-11-9-23-19(24-13-2-4-15(20)12(6-13)8-21)26(18(11)25-28-19)14-3-5-17-16(7-14)22-10-27-17/h2-7,9,22,24-25H,10H2,1H3. The van der Waals surface area contributed by atoms with Crippen molar-refractivity contribution in [1.82, 2.24) is 5.48 Å². The predicted octanol–water partition coefficient (Wildman–Crippen LogP) is 2.84. The van der Waals surface area contributed by atoms with Crippen LogP contribution >= 0.6 is 0 Å². The molecular weight excluding hydrogens is 363 g/mol. The number of nitrogens with one attached hydrogen (secondary N) is 3. The number of hydrogen-bond donors (Lipinski definition) is 3. The number of anilines is 3. The van der Waals surface area contributed by atoms with Crippen LogP contribution in [0, 0.1) is 17.1 Å². The van der Waals surface area contributed by atoms with Gasteiger partial charge in [0.2, 0.25) is 0 Å². The maximum absolute atomic E-state index is 13.7. The molecule has 1 atom stereocenters. The van der Waals surface area contributed by atoms with Crippen molar-refractivity contribution in [3.05, 3.63) is 59.2 Å². The summed E-state index contributed by atoms with van der Waals surface area (Å²) in [5.74, 6) is -0.409. The molecule has 9 heteroatoms. The monoisotopic (exact) mass is 378 g/mol. The molecule has 0 amide bonds. The lowest BCUT2D eigenvalue weighted by molar-refractivity contribution is -0.0214. The molecule has 3 aliphatic rings. The van der Waals surface area contributed by atoms with Crippen molar-refractivity contribution in [2.24, 2.45) is 4.99 Å². The summed E-state index contributed by atoms with van der Waals surface area (Å²) in [6.45, 7) is 2.33. The molecule has 140 valence electrons. The molecule has 0 saturated carbocycles. The summed E-state index contributed by atoms with van der Waals surface area (Å²) < 4.78 is 19.2. The second kappa shape index (κ2) is 5.87. The van der Waals surface area contributed by atoms with Gasteiger partial charge >= 0.3 is 5.97 Å². The van der Waals surface area contributed by atoms with Crippen LogP contribution in [0.3, 0.4) is 0 Å². The number of benzene rings is 2. The van der Waals surface area contributed by atoms with Gasteiger partial charge in [-0.2, -0.15) is 5.26 Å². The van der Waals surface area contributed by atoms with Crippen LogP contribution in [0.25, 0.3) is 0 Å². The van der Waals surface area contributed by atoms with E-state index in [1.807, 2.05) is 36.1 Å². The van der Waals surface area contributed by atoms with Crippen LogP contribution in [0.5, 0.6) is 5.75 Å². The Morgan fingerprint density at radius 2 is 2.21 bits per heavy atom. The van der Waals surface area contributed by atoms with E-state index >= 15 is 0 Å². The SMILES string of the molecule is CC1=C2NOC(Nc3ccc(F)c(C#N)c3)(N=C1)N2c1ccc2c(c1)NCO2. The van der Waals surface area contributed by atoms with Gasteiger partial charge in [0, 0.05) is 17.5 Å². The molecule has 2 aromatic carbocycles. The molecule has 3 heterocycles. The van der Waals surface area contributed by atoms with E-state index in [9.17, 15) is 4.39 Å². The van der Waals surface area contributed by atoms with Crippen molar-refractivity contribution < 1.29 is 14.0 Å². The zero-order chi connectivity index (χ0) is 19.3. The van der Waals surface area contributed by atoms with Gasteiger partial charge in [-0.1, -0.05) is 0 Å². The summed E-state index contributed by atoms with van der Waals surface area (Å²) in [5, 5.41) is 15.4. The molecule has 28 heavy (non-hydrogen) atoms. The largest absolute Gasteiger partial charge is 0.471 e. The second-order valence-electron chi connectivity index (χ2n) is 6.51. The van der Waals surface area contributed by atoms with E-state index in [1.54, 1.807) is 6.21 Å². The number of ether oxygens (including phenoxy) is 1. The van der Waals surface area contributed by atoms with Gasteiger partial charge in [0.15, 0.2) is 6.73 Å². The van der Waals surface area contributed by atoms with Crippen LogP contribution in [0.4, 0.5) is 21.5 Å². The summed E-state index contributed by atoms with van der Waals surface area (Å²) >= 11 is 0. The number of aliphatic imine (C=N–C) groups is 1. The average Bonchev–Trinajstić information content (AvgIpc) is 3.28. The van der Waals surface area contributed by atoms with Crippen molar-refractivity contribution in [3.8, 4) is 11.8 Å². The topological polar surface area (TPSA) is 93.9 Å². The van der Waals surface area contributed by atoms with E-state index in [0.29, 0.717) is 12.4 Å². The summed E-state index contributed by atoms with van der Waals surface area (Å²) in [6, 6.07) is 11.7. The minimum Gasteiger partial charge on any atom is -0.471 e. The van der Waals surface area contributed by atoms with Gasteiger partial charge in [-0.25, -0.2) is 19.7 Å². The number of fused-ring (bicyclic) bond motifs is 3. The third-order valence-corrected chi connectivity index (χ3v) is 4.73. The minimum absolute atomic E-state index is 0.0653. The first-order chi connectivity index (χ1) is 13.6. The zero-order valence-electron chi connectivity index (χ0n) is 14.8. The predicted molar refractivity (Wildman–Crippen MR) is 101 cm³/mol. The highest BCUT2D eigenvalue weighted by Crippen LogP contribution is 2.42. The molecule has 0 aliphatic carbocycles. The molecule has 1 saturated heterocycles. The van der Waals surface area contributed by atoms with Crippen LogP contribution in [0.1, 0.15) is 12.5 Å². The molecule has 8 nitrogen and oxygen atoms in total. The minimum atomic E-state index is -1.33. The number of allylic oxidation sites excluding steroid dienone is 1. The van der Waals surface area contributed by atoms with Gasteiger partial charge in [0.05, 0.1) is 16.9 Å². The lowest BCUT2D eigenvalue weighted by Crippen LogP contribution is -2.51. The van der Waals surface area contributed by atoms with Crippen LogP contribution in [0.15, 0.2) is 52.8 Å². The lowest BCUT2D eigenvalue weighted by atomic mass is 10.2. The molecule has 1 unspecified atom stereocenters. The number of hydrogen-bond acceptors (Lipinski definition) is 8. The quantitative estimate of drug-likeness (QED) is 0.756. The molecule has 0 aromatic heterocycles. The summed E-state index contributed by atoms with van der Waals surface area (Å²) in [4.78, 5) is 12.2. The Morgan fingerprint density at radius 3 is 3.07 bits per heavy atom. The number of nitrogens with zero attached hydrogens (tertiary/aromatic N) is 3. The highest BCUT2D eigenvalue weighted by atomic mass is 19.1.